The fraction of sp³-hybridized carbons (Fsp3) is 0.176. The van der Waals surface area contributed by atoms with Crippen molar-refractivity contribution >= 4 is 23.1 Å². The molecular weight excluding hydrogens is 250 g/mol. The molecule has 0 radical (unpaired) electrons. The summed E-state index contributed by atoms with van der Waals surface area (Å²) in [6, 6.07) is 14.9. The molecule has 3 nitrogen and oxygen atoms in total. The molecule has 1 aliphatic heterocycles. The summed E-state index contributed by atoms with van der Waals surface area (Å²) < 4.78 is 0. The summed E-state index contributed by atoms with van der Waals surface area (Å²) >= 11 is 0. The number of fused-ring (bicyclic) bond motifs is 1. The summed E-state index contributed by atoms with van der Waals surface area (Å²) in [6.45, 7) is 4.13. The lowest BCUT2D eigenvalue weighted by atomic mass is 9.99. The van der Waals surface area contributed by atoms with Crippen LogP contribution in [-0.4, -0.2) is 11.7 Å². The number of carbonyl (C=O) groups is 2. The van der Waals surface area contributed by atoms with Gasteiger partial charge >= 0.3 is 5.91 Å². The highest BCUT2D eigenvalue weighted by molar-refractivity contribution is 6.53. The number of anilines is 2. The normalized spacial score (nSPS) is 14.1. The zero-order chi connectivity index (χ0) is 14.3. The Kier molecular flexibility index (Phi) is 2.90. The third-order valence-corrected chi connectivity index (χ3v) is 3.58. The topological polar surface area (TPSA) is 37.4 Å². The maximum atomic E-state index is 12.2. The summed E-state index contributed by atoms with van der Waals surface area (Å²) in [5.41, 5.74) is 2.97. The van der Waals surface area contributed by atoms with E-state index in [4.69, 9.17) is 0 Å². The number of amides is 1. The molecule has 1 amide bonds. The van der Waals surface area contributed by atoms with Crippen molar-refractivity contribution in [3.63, 3.8) is 0 Å². The molecule has 0 fully saturated rings. The maximum absolute atomic E-state index is 12.2. The van der Waals surface area contributed by atoms with Crippen molar-refractivity contribution in [2.75, 3.05) is 4.90 Å². The number of nitrogens with zero attached hydrogens (tertiary/aromatic N) is 1. The number of benzene rings is 2. The van der Waals surface area contributed by atoms with Crippen LogP contribution in [0.5, 0.6) is 0 Å². The first-order valence-electron chi connectivity index (χ1n) is 6.67. The van der Waals surface area contributed by atoms with Crippen LogP contribution >= 0.6 is 0 Å². The van der Waals surface area contributed by atoms with Gasteiger partial charge in [-0.25, -0.2) is 0 Å². The largest absolute Gasteiger partial charge is 0.304 e. The molecule has 0 aromatic heterocycles. The molecule has 1 heterocycles. The number of hydrogen-bond donors (Lipinski definition) is 0. The van der Waals surface area contributed by atoms with Crippen molar-refractivity contribution in [3.8, 4) is 0 Å². The molecule has 0 saturated heterocycles. The monoisotopic (exact) mass is 265 g/mol. The van der Waals surface area contributed by atoms with E-state index in [2.05, 4.69) is 13.8 Å². The molecule has 0 atom stereocenters. The van der Waals surface area contributed by atoms with Gasteiger partial charge in [0, 0.05) is 5.69 Å². The van der Waals surface area contributed by atoms with Crippen LogP contribution in [0.3, 0.4) is 0 Å². The second kappa shape index (κ2) is 4.60. The first-order chi connectivity index (χ1) is 9.59. The Bertz CT molecular complexity index is 689. The molecule has 1 aliphatic rings. The van der Waals surface area contributed by atoms with E-state index in [0.717, 1.165) is 11.3 Å². The Hall–Kier alpha value is -2.42. The van der Waals surface area contributed by atoms with Gasteiger partial charge in [0.1, 0.15) is 0 Å². The van der Waals surface area contributed by atoms with Gasteiger partial charge in [-0.2, -0.15) is 0 Å². The molecule has 2 aromatic rings. The Balaban J connectivity index is 2.14. The van der Waals surface area contributed by atoms with Gasteiger partial charge in [0.2, 0.25) is 0 Å². The molecule has 2 aromatic carbocycles. The smallest absolute Gasteiger partial charge is 0.283 e. The molecule has 20 heavy (non-hydrogen) atoms. The van der Waals surface area contributed by atoms with Gasteiger partial charge in [-0.05, 0) is 35.7 Å². The average Bonchev–Trinajstić information content (AvgIpc) is 2.71. The second-order valence-electron chi connectivity index (χ2n) is 5.24. The van der Waals surface area contributed by atoms with Crippen LogP contribution in [0.4, 0.5) is 11.4 Å². The Morgan fingerprint density at radius 2 is 1.65 bits per heavy atom. The third kappa shape index (κ3) is 1.83. The van der Waals surface area contributed by atoms with Gasteiger partial charge in [0.25, 0.3) is 5.78 Å². The zero-order valence-electron chi connectivity index (χ0n) is 11.5. The lowest BCUT2D eigenvalue weighted by molar-refractivity contribution is -0.113. The number of Topliss-reactive ketones (excluding diaryl/α,β-unsaturated/α-hetero) is 1. The molecule has 0 spiro atoms. The van der Waals surface area contributed by atoms with Crippen LogP contribution in [0.2, 0.25) is 0 Å². The van der Waals surface area contributed by atoms with E-state index in [9.17, 15) is 9.59 Å². The lowest BCUT2D eigenvalue weighted by Crippen LogP contribution is -2.24. The van der Waals surface area contributed by atoms with E-state index in [1.165, 1.54) is 4.90 Å². The van der Waals surface area contributed by atoms with E-state index >= 15 is 0 Å². The quantitative estimate of drug-likeness (QED) is 0.777. The van der Waals surface area contributed by atoms with Gasteiger partial charge < -0.3 is 0 Å². The van der Waals surface area contributed by atoms with Crippen molar-refractivity contribution in [3.05, 3.63) is 59.7 Å². The van der Waals surface area contributed by atoms with Crippen LogP contribution < -0.4 is 4.90 Å². The van der Waals surface area contributed by atoms with Crippen molar-refractivity contribution in [1.82, 2.24) is 0 Å². The number of para-hydroxylation sites is 1. The van der Waals surface area contributed by atoms with E-state index in [1.807, 2.05) is 48.5 Å². The Morgan fingerprint density at radius 3 is 2.30 bits per heavy atom. The van der Waals surface area contributed by atoms with Crippen LogP contribution in [-0.2, 0) is 4.79 Å². The predicted molar refractivity (Wildman–Crippen MR) is 78.4 cm³/mol. The van der Waals surface area contributed by atoms with Gasteiger partial charge in [0.05, 0.1) is 11.3 Å². The van der Waals surface area contributed by atoms with Gasteiger partial charge in [-0.3, -0.25) is 14.5 Å². The molecule has 0 unspecified atom stereocenters. The molecule has 3 heteroatoms. The predicted octanol–water partition coefficient (Wildman–Crippen LogP) is 3.67. The fourth-order valence-corrected chi connectivity index (χ4v) is 2.45. The van der Waals surface area contributed by atoms with E-state index in [1.54, 1.807) is 0 Å². The van der Waals surface area contributed by atoms with E-state index in [0.29, 0.717) is 17.2 Å². The van der Waals surface area contributed by atoms with Crippen LogP contribution in [0, 0.1) is 0 Å². The highest BCUT2D eigenvalue weighted by Crippen LogP contribution is 2.36. The van der Waals surface area contributed by atoms with Crippen LogP contribution in [0.15, 0.2) is 48.5 Å². The summed E-state index contributed by atoms with van der Waals surface area (Å²) in [4.78, 5) is 25.9. The van der Waals surface area contributed by atoms with Crippen molar-refractivity contribution in [1.29, 1.82) is 0 Å². The molecular formula is C17H15NO2. The maximum Gasteiger partial charge on any atom is 0.304 e. The van der Waals surface area contributed by atoms with Crippen LogP contribution in [0.25, 0.3) is 0 Å². The first-order valence-corrected chi connectivity index (χ1v) is 6.67. The molecule has 0 saturated carbocycles. The summed E-state index contributed by atoms with van der Waals surface area (Å²) in [6.07, 6.45) is 0. The highest BCUT2D eigenvalue weighted by atomic mass is 16.2. The number of hydrogen-bond acceptors (Lipinski definition) is 2. The summed E-state index contributed by atoms with van der Waals surface area (Å²) in [5, 5.41) is 0. The highest BCUT2D eigenvalue weighted by Gasteiger charge is 2.36. The van der Waals surface area contributed by atoms with Crippen LogP contribution in [0.1, 0.15) is 35.7 Å². The number of rotatable bonds is 2. The second-order valence-corrected chi connectivity index (χ2v) is 5.24. The molecule has 3 rings (SSSR count). The minimum atomic E-state index is -0.480. The standard InChI is InChI=1S/C17H15NO2/c1-11(2)12-8-9-15-14(10-12)16(19)17(20)18(15)13-6-4-3-5-7-13/h3-11H,1-2H3. The van der Waals surface area contributed by atoms with Gasteiger partial charge in [0.15, 0.2) is 0 Å². The van der Waals surface area contributed by atoms with Crippen molar-refractivity contribution in [2.45, 2.75) is 19.8 Å². The minimum absolute atomic E-state index is 0.328. The average molecular weight is 265 g/mol. The number of carbonyl (C=O) groups excluding carboxylic acids is 2. The fourth-order valence-electron chi connectivity index (χ4n) is 2.45. The third-order valence-electron chi connectivity index (χ3n) is 3.58. The van der Waals surface area contributed by atoms with E-state index in [-0.39, 0.29) is 0 Å². The first kappa shape index (κ1) is 12.6. The number of ketones is 1. The van der Waals surface area contributed by atoms with Gasteiger partial charge in [-0.1, -0.05) is 38.1 Å². The van der Waals surface area contributed by atoms with Gasteiger partial charge in [-0.15, -0.1) is 0 Å². The molecule has 0 aliphatic carbocycles. The SMILES string of the molecule is CC(C)c1ccc2c(c1)C(=O)C(=O)N2c1ccccc1. The Morgan fingerprint density at radius 1 is 0.950 bits per heavy atom. The minimum Gasteiger partial charge on any atom is -0.283 e. The summed E-state index contributed by atoms with van der Waals surface area (Å²) in [5.74, 6) is -0.576. The van der Waals surface area contributed by atoms with E-state index < -0.39 is 11.7 Å². The summed E-state index contributed by atoms with van der Waals surface area (Å²) in [7, 11) is 0. The lowest BCUT2D eigenvalue weighted by Gasteiger charge is -2.17. The molecule has 0 bridgehead atoms. The zero-order valence-corrected chi connectivity index (χ0v) is 11.5. The molecule has 0 N–H and O–H groups in total. The van der Waals surface area contributed by atoms with Crippen molar-refractivity contribution in [2.24, 2.45) is 0 Å². The van der Waals surface area contributed by atoms with Crippen molar-refractivity contribution < 1.29 is 9.59 Å². The Labute approximate surface area is 117 Å². The molecule has 100 valence electrons.